The van der Waals surface area contributed by atoms with Crippen LogP contribution in [0, 0.1) is 0 Å². The maximum Gasteiger partial charge on any atom is 0.406 e. The van der Waals surface area contributed by atoms with E-state index >= 15 is 0 Å². The van der Waals surface area contributed by atoms with Crippen molar-refractivity contribution in [3.63, 3.8) is 0 Å². The van der Waals surface area contributed by atoms with E-state index in [-0.39, 0.29) is 0 Å². The molecule has 0 aliphatic rings. The van der Waals surface area contributed by atoms with Crippen molar-refractivity contribution in [3.8, 4) is 11.1 Å². The zero-order valence-corrected chi connectivity index (χ0v) is 16.8. The molecule has 0 unspecified atom stereocenters. The molecule has 0 saturated carbocycles. The molecule has 4 aromatic heterocycles. The van der Waals surface area contributed by atoms with E-state index in [2.05, 4.69) is 15.1 Å². The first-order valence-corrected chi connectivity index (χ1v) is 9.81. The average Bonchev–Trinajstić information content (AvgIpc) is 3.31. The van der Waals surface area contributed by atoms with Gasteiger partial charge in [-0.1, -0.05) is 17.7 Å². The molecule has 0 N–H and O–H groups in total. The summed E-state index contributed by atoms with van der Waals surface area (Å²) in [5.41, 5.74) is 3.08. The van der Waals surface area contributed by atoms with Crippen molar-refractivity contribution in [1.82, 2.24) is 24.3 Å². The molecule has 0 fully saturated rings. The quantitative estimate of drug-likeness (QED) is 0.359. The highest BCUT2D eigenvalue weighted by atomic mass is 35.5. The van der Waals surface area contributed by atoms with Crippen LogP contribution in [0.1, 0.15) is 5.56 Å². The number of alkyl halides is 3. The Labute approximate surface area is 179 Å². The third-order valence-electron chi connectivity index (χ3n) is 5.07. The first kappa shape index (κ1) is 19.6. The average molecular weight is 442 g/mol. The summed E-state index contributed by atoms with van der Waals surface area (Å²) < 4.78 is 43.3. The first-order chi connectivity index (χ1) is 14.9. The Morgan fingerprint density at radius 2 is 1.81 bits per heavy atom. The highest BCUT2D eigenvalue weighted by Gasteiger charge is 2.30. The molecule has 0 saturated heterocycles. The smallest absolute Gasteiger partial charge is 0.329 e. The molecule has 156 valence electrons. The normalized spacial score (nSPS) is 12.1. The number of hydrogen-bond acceptors (Lipinski definition) is 3. The number of nitrogens with zero attached hydrogens (tertiary/aromatic N) is 5. The molecular weight excluding hydrogens is 427 g/mol. The topological polar surface area (TPSA) is 48.5 Å². The number of benzene rings is 1. The molecule has 9 heteroatoms. The van der Waals surface area contributed by atoms with Gasteiger partial charge in [0.1, 0.15) is 6.54 Å². The zero-order chi connectivity index (χ0) is 21.6. The summed E-state index contributed by atoms with van der Waals surface area (Å²) >= 11 is 6.37. The van der Waals surface area contributed by atoms with Gasteiger partial charge in [0.05, 0.1) is 30.0 Å². The second-order valence-corrected chi connectivity index (χ2v) is 7.67. The van der Waals surface area contributed by atoms with E-state index in [1.165, 1.54) is 10.8 Å². The summed E-state index contributed by atoms with van der Waals surface area (Å²) in [5, 5.41) is 6.13. The molecule has 31 heavy (non-hydrogen) atoms. The highest BCUT2D eigenvalue weighted by Crippen LogP contribution is 2.39. The fourth-order valence-electron chi connectivity index (χ4n) is 3.88. The van der Waals surface area contributed by atoms with E-state index in [1.54, 1.807) is 53.9 Å². The first-order valence-electron chi connectivity index (χ1n) is 9.43. The van der Waals surface area contributed by atoms with Crippen molar-refractivity contribution in [2.45, 2.75) is 19.3 Å². The summed E-state index contributed by atoms with van der Waals surface area (Å²) in [7, 11) is 0. The predicted octanol–water partition coefficient (Wildman–Crippen LogP) is 5.71. The van der Waals surface area contributed by atoms with Crippen LogP contribution in [-0.2, 0) is 13.1 Å². The van der Waals surface area contributed by atoms with Crippen LogP contribution in [0.5, 0.6) is 0 Å². The van der Waals surface area contributed by atoms with E-state index in [9.17, 15) is 13.2 Å². The Hall–Kier alpha value is -3.39. The Balaban J connectivity index is 1.70. The van der Waals surface area contributed by atoms with Gasteiger partial charge >= 0.3 is 6.18 Å². The summed E-state index contributed by atoms with van der Waals surface area (Å²) in [6.45, 7) is -0.635. The monoisotopic (exact) mass is 441 g/mol. The molecule has 0 aliphatic heterocycles. The minimum Gasteiger partial charge on any atom is -0.329 e. The Bertz CT molecular complexity index is 1390. The Morgan fingerprint density at radius 1 is 0.968 bits per heavy atom. The number of hydrogen-bond donors (Lipinski definition) is 0. The lowest BCUT2D eigenvalue weighted by Gasteiger charge is -2.13. The molecule has 0 aliphatic carbocycles. The standard InChI is InChI=1S/C22H15ClF3N5/c23-16-6-18(15-9-29-30(12-15)11-14-2-1-4-27-8-14)21-19(7-16)17-3-5-28-10-20(17)31(21)13-22(24,25)26/h1-10,12H,11,13H2. The van der Waals surface area contributed by atoms with Crippen LogP contribution in [0.3, 0.4) is 0 Å². The van der Waals surface area contributed by atoms with Crippen molar-refractivity contribution >= 4 is 33.4 Å². The lowest BCUT2D eigenvalue weighted by atomic mass is 10.0. The molecule has 5 aromatic rings. The van der Waals surface area contributed by atoms with Crippen molar-refractivity contribution in [1.29, 1.82) is 0 Å². The maximum absolute atomic E-state index is 13.4. The van der Waals surface area contributed by atoms with Gasteiger partial charge in [-0.3, -0.25) is 14.6 Å². The van der Waals surface area contributed by atoms with E-state index in [4.69, 9.17) is 11.6 Å². The molecule has 0 spiro atoms. The van der Waals surface area contributed by atoms with Crippen molar-refractivity contribution in [2.75, 3.05) is 0 Å². The summed E-state index contributed by atoms with van der Waals surface area (Å²) in [5.74, 6) is 0. The Morgan fingerprint density at radius 3 is 2.58 bits per heavy atom. The fourth-order valence-corrected chi connectivity index (χ4v) is 4.09. The van der Waals surface area contributed by atoms with E-state index in [1.807, 2.05) is 12.1 Å². The maximum atomic E-state index is 13.4. The number of fused-ring (bicyclic) bond motifs is 3. The van der Waals surface area contributed by atoms with Gasteiger partial charge < -0.3 is 4.57 Å². The van der Waals surface area contributed by atoms with Crippen LogP contribution < -0.4 is 0 Å². The van der Waals surface area contributed by atoms with Gasteiger partial charge in [0.25, 0.3) is 0 Å². The van der Waals surface area contributed by atoms with Gasteiger partial charge in [-0.2, -0.15) is 18.3 Å². The van der Waals surface area contributed by atoms with Crippen LogP contribution in [0.15, 0.2) is 67.5 Å². The summed E-state index contributed by atoms with van der Waals surface area (Å²) in [6, 6.07) is 8.84. The molecule has 0 radical (unpaired) electrons. The predicted molar refractivity (Wildman–Crippen MR) is 113 cm³/mol. The molecule has 5 nitrogen and oxygen atoms in total. The van der Waals surface area contributed by atoms with Gasteiger partial charge in [-0.05, 0) is 29.8 Å². The van der Waals surface area contributed by atoms with Gasteiger partial charge in [0, 0.05) is 51.7 Å². The molecule has 5 rings (SSSR count). The zero-order valence-electron chi connectivity index (χ0n) is 16.0. The van der Waals surface area contributed by atoms with Gasteiger partial charge in [0.15, 0.2) is 0 Å². The van der Waals surface area contributed by atoms with Crippen molar-refractivity contribution in [2.24, 2.45) is 0 Å². The van der Waals surface area contributed by atoms with Gasteiger partial charge in [-0.25, -0.2) is 0 Å². The third kappa shape index (κ3) is 3.74. The minimum atomic E-state index is -4.39. The molecule has 0 atom stereocenters. The van der Waals surface area contributed by atoms with E-state index in [0.717, 1.165) is 5.56 Å². The third-order valence-corrected chi connectivity index (χ3v) is 5.29. The summed E-state index contributed by atoms with van der Waals surface area (Å²) in [6.07, 6.45) is 5.48. The fraction of sp³-hybridized carbons (Fsp3) is 0.136. The Kier molecular flexibility index (Phi) is 4.66. The molecular formula is C22H15ClF3N5. The highest BCUT2D eigenvalue weighted by molar-refractivity contribution is 6.32. The minimum absolute atomic E-state index is 0.404. The van der Waals surface area contributed by atoms with Crippen LogP contribution in [0.4, 0.5) is 13.2 Å². The largest absolute Gasteiger partial charge is 0.406 e. The van der Waals surface area contributed by atoms with Gasteiger partial charge in [0.2, 0.25) is 0 Å². The van der Waals surface area contributed by atoms with Crippen molar-refractivity contribution in [3.05, 3.63) is 78.1 Å². The number of rotatable bonds is 4. The molecule has 4 heterocycles. The van der Waals surface area contributed by atoms with Crippen LogP contribution >= 0.6 is 11.6 Å². The van der Waals surface area contributed by atoms with Gasteiger partial charge in [-0.15, -0.1) is 0 Å². The van der Waals surface area contributed by atoms with E-state index < -0.39 is 12.7 Å². The second-order valence-electron chi connectivity index (χ2n) is 7.23. The van der Waals surface area contributed by atoms with Crippen LogP contribution in [0.2, 0.25) is 5.02 Å². The molecule has 0 amide bonds. The summed E-state index contributed by atoms with van der Waals surface area (Å²) in [4.78, 5) is 8.12. The molecule has 1 aromatic carbocycles. The van der Waals surface area contributed by atoms with Crippen molar-refractivity contribution < 1.29 is 13.2 Å². The van der Waals surface area contributed by atoms with E-state index in [0.29, 0.717) is 44.5 Å². The second kappa shape index (κ2) is 7.39. The molecule has 0 bridgehead atoms. The number of aromatic nitrogens is 5. The van der Waals surface area contributed by atoms with Crippen LogP contribution in [0.25, 0.3) is 32.9 Å². The lowest BCUT2D eigenvalue weighted by molar-refractivity contribution is -0.139. The number of pyridine rings is 2. The number of halogens is 4. The lowest BCUT2D eigenvalue weighted by Crippen LogP contribution is -2.17. The SMILES string of the molecule is FC(F)(F)Cn1c2cnccc2c2cc(Cl)cc(-c3cnn(Cc4cccnc4)c3)c21. The van der Waals surface area contributed by atoms with Crippen LogP contribution in [-0.4, -0.2) is 30.5 Å².